The predicted octanol–water partition coefficient (Wildman–Crippen LogP) is 8.31. The summed E-state index contributed by atoms with van der Waals surface area (Å²) in [5, 5.41) is 3.36. The summed E-state index contributed by atoms with van der Waals surface area (Å²) in [6.07, 6.45) is 5.88. The van der Waals surface area contributed by atoms with Gasteiger partial charge in [-0.1, -0.05) is 111 Å². The summed E-state index contributed by atoms with van der Waals surface area (Å²) in [5.74, 6) is -0.245. The van der Waals surface area contributed by atoms with E-state index in [1.807, 2.05) is 48.5 Å². The Morgan fingerprint density at radius 2 is 1.29 bits per heavy atom. The number of hydrogen-bond donors (Lipinski definition) is 4. The number of hydrogen-bond acceptors (Lipinski definition) is 9. The third-order valence-corrected chi connectivity index (χ3v) is 8.67. The summed E-state index contributed by atoms with van der Waals surface area (Å²) in [4.78, 5) is 26.3. The van der Waals surface area contributed by atoms with Crippen molar-refractivity contribution in [1.29, 1.82) is 0 Å². The van der Waals surface area contributed by atoms with Crippen LogP contribution in [-0.2, 0) is 34.1 Å². The van der Waals surface area contributed by atoms with E-state index >= 15 is 0 Å². The number of rotatable bonds is 25. The molecule has 282 valence electrons. The fourth-order valence-corrected chi connectivity index (χ4v) is 6.16. The second-order valence-corrected chi connectivity index (χ2v) is 12.5. The molecule has 8 nitrogen and oxygen atoms in total. The minimum atomic E-state index is -1.31. The zero-order valence-corrected chi connectivity index (χ0v) is 32.7. The van der Waals surface area contributed by atoms with Gasteiger partial charge in [0.2, 0.25) is 5.91 Å². The van der Waals surface area contributed by atoms with E-state index in [-0.39, 0.29) is 18.7 Å². The molecule has 0 spiro atoms. The van der Waals surface area contributed by atoms with Crippen molar-refractivity contribution in [1.82, 2.24) is 5.32 Å². The molecule has 0 radical (unpaired) electrons. The number of thiol groups is 2. The van der Waals surface area contributed by atoms with Crippen LogP contribution < -0.4 is 11.1 Å². The maximum atomic E-state index is 13.6. The second kappa shape index (κ2) is 27.1. The van der Waals surface area contributed by atoms with Gasteiger partial charge in [-0.05, 0) is 49.8 Å². The molecule has 3 aromatic rings. The predicted molar refractivity (Wildman–Crippen MR) is 214 cm³/mol. The molecule has 0 saturated carbocycles. The van der Waals surface area contributed by atoms with Gasteiger partial charge in [-0.3, -0.25) is 9.59 Å². The lowest BCUT2D eigenvalue weighted by molar-refractivity contribution is -0.154. The summed E-state index contributed by atoms with van der Waals surface area (Å²) in [7, 11) is 0. The van der Waals surface area contributed by atoms with Crippen molar-refractivity contribution in [2.24, 2.45) is 5.73 Å². The average molecular weight is 761 g/mol. The number of nitrogens with two attached hydrogens (primary N) is 1. The number of esters is 1. The van der Waals surface area contributed by atoms with Crippen molar-refractivity contribution < 1.29 is 28.5 Å². The van der Waals surface area contributed by atoms with E-state index < -0.39 is 11.6 Å². The quantitative estimate of drug-likeness (QED) is 0.0226. The molecule has 0 fully saturated rings. The largest absolute Gasteiger partial charge is 0.444 e. The topological polar surface area (TPSA) is 109 Å². The summed E-state index contributed by atoms with van der Waals surface area (Å²) < 4.78 is 22.9. The van der Waals surface area contributed by atoms with Crippen LogP contribution in [0.4, 0.5) is 0 Å². The third-order valence-electron chi connectivity index (χ3n) is 8.34. The van der Waals surface area contributed by atoms with Crippen LogP contribution in [-0.4, -0.2) is 64.6 Å². The second-order valence-electron chi connectivity index (χ2n) is 12.1. The monoisotopic (exact) mass is 760 g/mol. The van der Waals surface area contributed by atoms with Crippen LogP contribution in [0.15, 0.2) is 78.9 Å². The van der Waals surface area contributed by atoms with Crippen LogP contribution in [0.3, 0.4) is 0 Å². The highest BCUT2D eigenvalue weighted by molar-refractivity contribution is 8.59. The van der Waals surface area contributed by atoms with Gasteiger partial charge >= 0.3 is 5.97 Å². The van der Waals surface area contributed by atoms with E-state index in [9.17, 15) is 9.59 Å². The molecule has 3 aromatic carbocycles. The average Bonchev–Trinajstić information content (AvgIpc) is 3.16. The lowest BCUT2D eigenvalue weighted by Gasteiger charge is -2.36. The maximum Gasteiger partial charge on any atom is 0.307 e. The molecular weight excluding hydrogens is 704 g/mol. The summed E-state index contributed by atoms with van der Waals surface area (Å²) >= 11 is 13.3. The minimum Gasteiger partial charge on any atom is -0.444 e. The molecule has 1 amide bonds. The Balaban J connectivity index is 0.00000442. The van der Waals surface area contributed by atoms with Gasteiger partial charge in [0.25, 0.3) is 0 Å². The third kappa shape index (κ3) is 15.5. The minimum absolute atomic E-state index is 0.00290. The lowest BCUT2D eigenvalue weighted by atomic mass is 9.79. The number of halogens is 1. The highest BCUT2D eigenvalue weighted by atomic mass is 35.5. The molecule has 3 N–H and O–H groups in total. The van der Waals surface area contributed by atoms with Crippen molar-refractivity contribution in [3.05, 3.63) is 106 Å². The van der Waals surface area contributed by atoms with Gasteiger partial charge in [0.1, 0.15) is 0 Å². The van der Waals surface area contributed by atoms with Gasteiger partial charge in [0, 0.05) is 47.9 Å². The van der Waals surface area contributed by atoms with Gasteiger partial charge < -0.3 is 30.0 Å². The summed E-state index contributed by atoms with van der Waals surface area (Å²) in [6.45, 7) is 8.64. The Morgan fingerprint density at radius 1 is 0.745 bits per heavy atom. The van der Waals surface area contributed by atoms with Gasteiger partial charge in [0.15, 0.2) is 5.60 Å². The van der Waals surface area contributed by atoms with Gasteiger partial charge in [-0.2, -0.15) is 0 Å². The van der Waals surface area contributed by atoms with E-state index in [4.69, 9.17) is 36.3 Å². The Kier molecular flexibility index (Phi) is 23.7. The molecule has 3 rings (SSSR count). The standard InChI is InChI=1S/C40H55ClN2O6.H2S2/c1-3-12-32(13-4-2)33-18-20-35(21-19-33)40(34-14-6-5-7-15-34,36-16-8-9-17-37(36)41)49-39(45)23-22-38(44)43-25-11-27-47-29-31-48-30-28-46-26-10-24-42;1-2/h5-9,14-21,32H,3-4,10-13,22-31,42H2,1-2H3,(H,43,44);1-2H. The molecule has 0 aliphatic carbocycles. The van der Waals surface area contributed by atoms with Crippen molar-refractivity contribution in [3.63, 3.8) is 0 Å². The van der Waals surface area contributed by atoms with Crippen molar-refractivity contribution in [2.75, 3.05) is 52.7 Å². The summed E-state index contributed by atoms with van der Waals surface area (Å²) in [6, 6.07) is 25.5. The maximum absolute atomic E-state index is 13.6. The Hall–Kier alpha value is -2.57. The zero-order chi connectivity index (χ0) is 37.2. The number of benzene rings is 3. The van der Waals surface area contributed by atoms with Crippen LogP contribution in [0.25, 0.3) is 0 Å². The van der Waals surface area contributed by atoms with E-state index in [0.717, 1.165) is 43.2 Å². The van der Waals surface area contributed by atoms with Crippen molar-refractivity contribution in [2.45, 2.75) is 76.7 Å². The van der Waals surface area contributed by atoms with Gasteiger partial charge in [0.05, 0.1) is 32.8 Å². The first kappa shape index (κ1) is 44.6. The zero-order valence-electron chi connectivity index (χ0n) is 30.2. The number of nitrogens with one attached hydrogen (secondary N) is 1. The molecule has 0 aliphatic rings. The smallest absolute Gasteiger partial charge is 0.307 e. The molecule has 0 heterocycles. The Bertz CT molecular complexity index is 1360. The molecule has 0 bridgehead atoms. The first-order chi connectivity index (χ1) is 25.0. The van der Waals surface area contributed by atoms with Crippen LogP contribution >= 0.6 is 34.9 Å². The normalized spacial score (nSPS) is 12.1. The molecule has 0 saturated heterocycles. The molecule has 1 atom stereocenters. The molecule has 0 aliphatic heterocycles. The molecule has 11 heteroatoms. The first-order valence-corrected chi connectivity index (χ1v) is 20.0. The summed E-state index contributed by atoms with van der Waals surface area (Å²) in [5.41, 5.74) is 7.62. The molecule has 0 aromatic heterocycles. The molecule has 51 heavy (non-hydrogen) atoms. The SMILES string of the molecule is CCCC(CCC)c1ccc(C(OC(=O)CCC(=O)NCCCOCCOCCOCCCN)(c2ccccc2)c2ccccc2Cl)cc1.SS. The van der Waals surface area contributed by atoms with Gasteiger partial charge in [-0.15, -0.1) is 23.3 Å². The molecular formula is C40H57ClN2O6S2. The lowest BCUT2D eigenvalue weighted by Crippen LogP contribution is -2.36. The van der Waals surface area contributed by atoms with Crippen molar-refractivity contribution in [3.8, 4) is 0 Å². The Morgan fingerprint density at radius 3 is 1.88 bits per heavy atom. The molecule has 1 unspecified atom stereocenters. The fraction of sp³-hybridized carbons (Fsp3) is 0.500. The van der Waals surface area contributed by atoms with Crippen LogP contribution in [0.5, 0.6) is 0 Å². The number of ether oxygens (including phenoxy) is 4. The van der Waals surface area contributed by atoms with E-state index in [2.05, 4.69) is 66.8 Å². The van der Waals surface area contributed by atoms with Crippen molar-refractivity contribution >= 4 is 46.8 Å². The van der Waals surface area contributed by atoms with Crippen LogP contribution in [0.1, 0.15) is 93.4 Å². The first-order valence-electron chi connectivity index (χ1n) is 18.0. The number of carbonyl (C=O) groups is 2. The highest BCUT2D eigenvalue weighted by Gasteiger charge is 2.42. The van der Waals surface area contributed by atoms with Gasteiger partial charge in [-0.25, -0.2) is 0 Å². The van der Waals surface area contributed by atoms with E-state index in [1.165, 1.54) is 5.56 Å². The van der Waals surface area contributed by atoms with E-state index in [1.54, 1.807) is 6.07 Å². The van der Waals surface area contributed by atoms with Crippen LogP contribution in [0, 0.1) is 0 Å². The number of amides is 1. The highest BCUT2D eigenvalue weighted by Crippen LogP contribution is 2.44. The fourth-order valence-electron chi connectivity index (χ4n) is 5.89. The number of carbonyl (C=O) groups excluding carboxylic acids is 2. The van der Waals surface area contributed by atoms with E-state index in [0.29, 0.717) is 75.7 Å². The Labute approximate surface area is 320 Å². The van der Waals surface area contributed by atoms with Crippen LogP contribution in [0.2, 0.25) is 5.02 Å².